The second kappa shape index (κ2) is 7.62. The summed E-state index contributed by atoms with van der Waals surface area (Å²) >= 11 is 0. The van der Waals surface area contributed by atoms with Crippen molar-refractivity contribution >= 4 is 11.6 Å². The van der Waals surface area contributed by atoms with Gasteiger partial charge in [0, 0.05) is 24.5 Å². The van der Waals surface area contributed by atoms with Gasteiger partial charge < -0.3 is 10.1 Å². The van der Waals surface area contributed by atoms with Gasteiger partial charge in [-0.15, -0.1) is 0 Å². The van der Waals surface area contributed by atoms with Crippen LogP contribution in [-0.4, -0.2) is 20.7 Å². The highest BCUT2D eigenvalue weighted by molar-refractivity contribution is 6.05. The number of ether oxygens (including phenoxy) is 1. The number of pyridine rings is 1. The summed E-state index contributed by atoms with van der Waals surface area (Å²) in [4.78, 5) is 15.9. The second-order valence-electron chi connectivity index (χ2n) is 7.01. The molecule has 12 heteroatoms. The zero-order chi connectivity index (χ0) is 23.3. The van der Waals surface area contributed by atoms with Crippen LogP contribution in [0.2, 0.25) is 0 Å². The molecule has 2 aromatic heterocycles. The van der Waals surface area contributed by atoms with E-state index in [1.165, 1.54) is 6.07 Å². The van der Waals surface area contributed by atoms with Crippen LogP contribution in [0.1, 0.15) is 32.9 Å². The first-order chi connectivity index (χ1) is 15.0. The number of hydrogen-bond donors (Lipinski definition) is 1. The summed E-state index contributed by atoms with van der Waals surface area (Å²) in [7, 11) is 1.15. The molecule has 0 fully saturated rings. The minimum Gasteiger partial charge on any atom is -0.372 e. The Morgan fingerprint density at radius 1 is 1.09 bits per heavy atom. The van der Waals surface area contributed by atoms with Crippen molar-refractivity contribution in [3.63, 3.8) is 0 Å². The Labute approximate surface area is 176 Å². The molecule has 1 aliphatic rings. The number of alkyl halides is 6. The predicted molar refractivity (Wildman–Crippen MR) is 99.3 cm³/mol. The van der Waals surface area contributed by atoms with E-state index in [0.29, 0.717) is 17.2 Å². The second-order valence-corrected chi connectivity index (χ2v) is 7.01. The van der Waals surface area contributed by atoms with Gasteiger partial charge in [0.05, 0.1) is 13.2 Å². The summed E-state index contributed by atoms with van der Waals surface area (Å²) in [5.74, 6) is -1.26. The summed E-state index contributed by atoms with van der Waals surface area (Å²) in [5, 5.41) is 6.01. The maximum atomic E-state index is 14.1. The van der Waals surface area contributed by atoms with Crippen molar-refractivity contribution in [1.82, 2.24) is 14.8 Å². The molecule has 168 valence electrons. The average molecular weight is 456 g/mol. The van der Waals surface area contributed by atoms with Crippen LogP contribution in [0, 0.1) is 0 Å². The van der Waals surface area contributed by atoms with Gasteiger partial charge in [0.15, 0.2) is 0 Å². The van der Waals surface area contributed by atoms with Crippen molar-refractivity contribution in [2.45, 2.75) is 25.6 Å². The van der Waals surface area contributed by atoms with Crippen LogP contribution in [0.15, 0.2) is 36.5 Å². The third-order valence-electron chi connectivity index (χ3n) is 4.89. The number of rotatable bonds is 3. The van der Waals surface area contributed by atoms with Crippen molar-refractivity contribution in [2.24, 2.45) is 7.05 Å². The number of amides is 1. The van der Waals surface area contributed by atoms with Crippen LogP contribution < -0.4 is 5.32 Å². The summed E-state index contributed by atoms with van der Waals surface area (Å²) in [5.41, 5.74) is -2.82. The molecule has 1 aromatic carbocycles. The van der Waals surface area contributed by atoms with E-state index in [9.17, 15) is 31.1 Å². The van der Waals surface area contributed by atoms with Gasteiger partial charge in [-0.2, -0.15) is 31.4 Å². The van der Waals surface area contributed by atoms with Crippen LogP contribution in [0.5, 0.6) is 0 Å². The third-order valence-corrected chi connectivity index (χ3v) is 4.89. The number of carbonyl (C=O) groups is 1. The Hall–Kier alpha value is -3.41. The standard InChI is InChI=1S/C20H14F6N4O2/c1-30-17(18(31)28-11-5-6-27-14(7-11)19(21,22)23)15(20(24,25)26)16(29-30)12-4-2-3-10-8-32-9-13(10)12/h2-7H,8-9H2,1H3,(H,27,28,31). The van der Waals surface area contributed by atoms with Gasteiger partial charge in [-0.05, 0) is 23.3 Å². The molecule has 0 unspecified atom stereocenters. The molecule has 1 amide bonds. The molecule has 1 N–H and O–H groups in total. The van der Waals surface area contributed by atoms with E-state index in [4.69, 9.17) is 4.74 Å². The fourth-order valence-corrected chi connectivity index (χ4v) is 3.52. The number of aryl methyl sites for hydroxylation is 1. The third kappa shape index (κ3) is 3.93. The predicted octanol–water partition coefficient (Wildman–Crippen LogP) is 4.80. The minimum atomic E-state index is -4.96. The number of hydrogen-bond acceptors (Lipinski definition) is 4. The SMILES string of the molecule is Cn1nc(-c2cccc3c2COC3)c(C(F)(F)F)c1C(=O)Nc1ccnc(C(F)(F)F)c1. The molecule has 0 aliphatic carbocycles. The Bertz CT molecular complexity index is 1200. The van der Waals surface area contributed by atoms with Crippen molar-refractivity contribution in [3.05, 3.63) is 64.6 Å². The minimum absolute atomic E-state index is 0.0954. The molecule has 3 aromatic rings. The first-order valence-corrected chi connectivity index (χ1v) is 9.14. The molecule has 0 atom stereocenters. The topological polar surface area (TPSA) is 69.0 Å². The molecular formula is C20H14F6N4O2. The molecule has 6 nitrogen and oxygen atoms in total. The van der Waals surface area contributed by atoms with E-state index in [-0.39, 0.29) is 24.5 Å². The van der Waals surface area contributed by atoms with Gasteiger partial charge in [-0.25, -0.2) is 0 Å². The summed E-state index contributed by atoms with van der Waals surface area (Å²) in [6, 6.07) is 6.30. The lowest BCUT2D eigenvalue weighted by molar-refractivity contribution is -0.141. The summed E-state index contributed by atoms with van der Waals surface area (Å²) in [6.07, 6.45) is -8.95. The van der Waals surface area contributed by atoms with Crippen molar-refractivity contribution < 1.29 is 35.9 Å². The lowest BCUT2D eigenvalue weighted by Gasteiger charge is -2.13. The van der Waals surface area contributed by atoms with E-state index < -0.39 is 40.9 Å². The number of fused-ring (bicyclic) bond motifs is 1. The van der Waals surface area contributed by atoms with Crippen LogP contribution >= 0.6 is 0 Å². The molecule has 0 saturated carbocycles. The fraction of sp³-hybridized carbons (Fsp3) is 0.250. The lowest BCUT2D eigenvalue weighted by Crippen LogP contribution is -2.21. The highest BCUT2D eigenvalue weighted by Crippen LogP contribution is 2.42. The van der Waals surface area contributed by atoms with Gasteiger partial charge in [0.2, 0.25) is 0 Å². The van der Waals surface area contributed by atoms with Gasteiger partial charge in [0.1, 0.15) is 22.6 Å². The molecule has 0 spiro atoms. The van der Waals surface area contributed by atoms with E-state index in [1.54, 1.807) is 12.1 Å². The van der Waals surface area contributed by atoms with Gasteiger partial charge in [-0.1, -0.05) is 18.2 Å². The number of aromatic nitrogens is 3. The molecule has 3 heterocycles. The highest BCUT2D eigenvalue weighted by Gasteiger charge is 2.43. The number of halogens is 6. The Morgan fingerprint density at radius 3 is 2.53 bits per heavy atom. The number of carbonyl (C=O) groups excluding carboxylic acids is 1. The molecule has 0 bridgehead atoms. The molecule has 0 radical (unpaired) electrons. The first kappa shape index (κ1) is 21.8. The number of nitrogens with one attached hydrogen (secondary N) is 1. The van der Waals surface area contributed by atoms with Crippen molar-refractivity contribution in [1.29, 1.82) is 0 Å². The molecule has 1 aliphatic heterocycles. The average Bonchev–Trinajstić information content (AvgIpc) is 3.31. The van der Waals surface area contributed by atoms with Crippen LogP contribution in [-0.2, 0) is 37.4 Å². The van der Waals surface area contributed by atoms with E-state index in [2.05, 4.69) is 15.4 Å². The lowest BCUT2D eigenvalue weighted by atomic mass is 9.97. The quantitative estimate of drug-likeness (QED) is 0.575. The molecule has 0 saturated heterocycles. The van der Waals surface area contributed by atoms with Crippen molar-refractivity contribution in [2.75, 3.05) is 5.32 Å². The summed E-state index contributed by atoms with van der Waals surface area (Å²) < 4.78 is 86.8. The highest BCUT2D eigenvalue weighted by atomic mass is 19.4. The maximum absolute atomic E-state index is 14.1. The van der Waals surface area contributed by atoms with Gasteiger partial charge in [-0.3, -0.25) is 14.5 Å². The van der Waals surface area contributed by atoms with Gasteiger partial charge >= 0.3 is 12.4 Å². The monoisotopic (exact) mass is 456 g/mol. The van der Waals surface area contributed by atoms with E-state index in [1.807, 2.05) is 0 Å². The zero-order valence-electron chi connectivity index (χ0n) is 16.3. The summed E-state index contributed by atoms with van der Waals surface area (Å²) in [6.45, 7) is 0.340. The van der Waals surface area contributed by atoms with Crippen molar-refractivity contribution in [3.8, 4) is 11.3 Å². The maximum Gasteiger partial charge on any atom is 0.433 e. The zero-order valence-corrected chi connectivity index (χ0v) is 16.3. The molecule has 4 rings (SSSR count). The fourth-order valence-electron chi connectivity index (χ4n) is 3.52. The number of nitrogens with zero attached hydrogens (tertiary/aromatic N) is 3. The van der Waals surface area contributed by atoms with E-state index in [0.717, 1.165) is 24.0 Å². The smallest absolute Gasteiger partial charge is 0.372 e. The van der Waals surface area contributed by atoms with Crippen LogP contribution in [0.4, 0.5) is 32.0 Å². The normalized spacial score (nSPS) is 13.8. The first-order valence-electron chi connectivity index (χ1n) is 9.14. The molecular weight excluding hydrogens is 442 g/mol. The van der Waals surface area contributed by atoms with E-state index >= 15 is 0 Å². The Kier molecular flexibility index (Phi) is 5.19. The Morgan fingerprint density at radius 2 is 1.84 bits per heavy atom. The number of anilines is 1. The van der Waals surface area contributed by atoms with Crippen LogP contribution in [0.25, 0.3) is 11.3 Å². The Balaban J connectivity index is 1.79. The molecule has 32 heavy (non-hydrogen) atoms. The number of benzene rings is 1. The van der Waals surface area contributed by atoms with Gasteiger partial charge in [0.25, 0.3) is 5.91 Å². The van der Waals surface area contributed by atoms with Crippen LogP contribution in [0.3, 0.4) is 0 Å². The largest absolute Gasteiger partial charge is 0.433 e.